The van der Waals surface area contributed by atoms with Crippen LogP contribution in [0.1, 0.15) is 18.4 Å². The van der Waals surface area contributed by atoms with Gasteiger partial charge in [-0.25, -0.2) is 0 Å². The first-order valence-corrected chi connectivity index (χ1v) is 7.37. The van der Waals surface area contributed by atoms with Crippen LogP contribution in [0.25, 0.3) is 0 Å². The van der Waals surface area contributed by atoms with Crippen molar-refractivity contribution in [1.29, 1.82) is 0 Å². The van der Waals surface area contributed by atoms with Gasteiger partial charge in [-0.05, 0) is 43.5 Å². The zero-order valence-electron chi connectivity index (χ0n) is 12.0. The maximum atomic E-state index is 11.8. The summed E-state index contributed by atoms with van der Waals surface area (Å²) in [7, 11) is 0. The van der Waals surface area contributed by atoms with Crippen LogP contribution in [0.4, 0.5) is 0 Å². The third-order valence-corrected chi connectivity index (χ3v) is 3.82. The summed E-state index contributed by atoms with van der Waals surface area (Å²) in [5.41, 5.74) is 0.888. The summed E-state index contributed by atoms with van der Waals surface area (Å²) in [6.07, 6.45) is 2.08. The molecule has 0 spiro atoms. The first-order chi connectivity index (χ1) is 10.1. The number of hydrogen-bond acceptors (Lipinski definition) is 3. The average Bonchev–Trinajstić information content (AvgIpc) is 3.00. The zero-order chi connectivity index (χ0) is 15.2. The molecular weight excluding hydrogens is 292 g/mol. The Morgan fingerprint density at radius 3 is 2.71 bits per heavy atom. The van der Waals surface area contributed by atoms with Crippen molar-refractivity contribution in [3.8, 4) is 5.75 Å². The molecule has 0 radical (unpaired) electrons. The van der Waals surface area contributed by atoms with Crippen molar-refractivity contribution in [3.63, 3.8) is 0 Å². The van der Waals surface area contributed by atoms with Gasteiger partial charge in [0.25, 0.3) is 5.91 Å². The average molecular weight is 311 g/mol. The Bertz CT molecular complexity index is 528. The van der Waals surface area contributed by atoms with Crippen molar-refractivity contribution >= 4 is 23.4 Å². The number of hydrogen-bond donors (Lipinski definition) is 1. The minimum Gasteiger partial charge on any atom is -0.484 e. The molecule has 0 unspecified atom stereocenters. The standard InChI is InChI=1S/C15H19ClN2O3/c1-11-8-12(4-5-13(11)16)21-10-14(19)17-9-15(20)18-6-2-3-7-18/h4-5,8H,2-3,6-7,9-10H2,1H3,(H,17,19). The topological polar surface area (TPSA) is 58.6 Å². The summed E-state index contributed by atoms with van der Waals surface area (Å²) in [5, 5.41) is 3.23. The van der Waals surface area contributed by atoms with Crippen LogP contribution in [-0.2, 0) is 9.59 Å². The minimum atomic E-state index is -0.310. The molecule has 0 saturated carbocycles. The molecule has 1 aromatic carbocycles. The molecule has 0 aliphatic carbocycles. The maximum absolute atomic E-state index is 11.8. The van der Waals surface area contributed by atoms with E-state index in [9.17, 15) is 9.59 Å². The van der Waals surface area contributed by atoms with E-state index in [-0.39, 0.29) is 25.0 Å². The van der Waals surface area contributed by atoms with Crippen LogP contribution in [0, 0.1) is 6.92 Å². The van der Waals surface area contributed by atoms with Crippen molar-refractivity contribution < 1.29 is 14.3 Å². The Kier molecular flexibility index (Phi) is 5.44. The molecule has 6 heteroatoms. The van der Waals surface area contributed by atoms with E-state index >= 15 is 0 Å². The summed E-state index contributed by atoms with van der Waals surface area (Å²) in [5.74, 6) is 0.233. The summed E-state index contributed by atoms with van der Waals surface area (Å²) < 4.78 is 5.37. The normalized spacial score (nSPS) is 14.1. The number of aryl methyl sites for hydroxylation is 1. The van der Waals surface area contributed by atoms with Gasteiger partial charge in [0.2, 0.25) is 5.91 Å². The number of nitrogens with zero attached hydrogens (tertiary/aromatic N) is 1. The third kappa shape index (κ3) is 4.63. The van der Waals surface area contributed by atoms with Gasteiger partial charge in [0.05, 0.1) is 6.54 Å². The summed E-state index contributed by atoms with van der Waals surface area (Å²) in [6, 6.07) is 5.20. The van der Waals surface area contributed by atoms with Gasteiger partial charge in [0.1, 0.15) is 5.75 Å². The Morgan fingerprint density at radius 1 is 1.33 bits per heavy atom. The highest BCUT2D eigenvalue weighted by atomic mass is 35.5. The molecule has 0 atom stereocenters. The largest absolute Gasteiger partial charge is 0.484 e. The number of ether oxygens (including phenoxy) is 1. The fourth-order valence-electron chi connectivity index (χ4n) is 2.16. The Morgan fingerprint density at radius 2 is 2.05 bits per heavy atom. The third-order valence-electron chi connectivity index (χ3n) is 3.39. The van der Waals surface area contributed by atoms with Crippen molar-refractivity contribution in [3.05, 3.63) is 28.8 Å². The van der Waals surface area contributed by atoms with Gasteiger partial charge in [-0.1, -0.05) is 11.6 Å². The van der Waals surface area contributed by atoms with Crippen LogP contribution < -0.4 is 10.1 Å². The SMILES string of the molecule is Cc1cc(OCC(=O)NCC(=O)N2CCCC2)ccc1Cl. The molecule has 1 aromatic rings. The molecule has 1 aliphatic heterocycles. The van der Waals surface area contributed by atoms with Gasteiger partial charge in [-0.2, -0.15) is 0 Å². The Hall–Kier alpha value is -1.75. The molecule has 0 bridgehead atoms. The highest BCUT2D eigenvalue weighted by Crippen LogP contribution is 2.20. The van der Waals surface area contributed by atoms with Crippen molar-refractivity contribution in [2.45, 2.75) is 19.8 Å². The highest BCUT2D eigenvalue weighted by molar-refractivity contribution is 6.31. The van der Waals surface area contributed by atoms with Crippen LogP contribution in [0.2, 0.25) is 5.02 Å². The highest BCUT2D eigenvalue weighted by Gasteiger charge is 2.18. The molecule has 2 amide bonds. The van der Waals surface area contributed by atoms with Crippen LogP contribution in [0.15, 0.2) is 18.2 Å². The smallest absolute Gasteiger partial charge is 0.258 e. The lowest BCUT2D eigenvalue weighted by Gasteiger charge is -2.15. The lowest BCUT2D eigenvalue weighted by Crippen LogP contribution is -2.40. The number of carbonyl (C=O) groups excluding carboxylic acids is 2. The number of benzene rings is 1. The minimum absolute atomic E-state index is 0.0296. The zero-order valence-corrected chi connectivity index (χ0v) is 12.8. The molecule has 0 aromatic heterocycles. The van der Waals surface area contributed by atoms with Gasteiger partial charge in [0.15, 0.2) is 6.61 Å². The maximum Gasteiger partial charge on any atom is 0.258 e. The monoisotopic (exact) mass is 310 g/mol. The molecule has 1 fully saturated rings. The molecule has 2 rings (SSSR count). The second kappa shape index (κ2) is 7.31. The van der Waals surface area contributed by atoms with Crippen molar-refractivity contribution in [2.24, 2.45) is 0 Å². The lowest BCUT2D eigenvalue weighted by molar-refractivity contribution is -0.132. The number of halogens is 1. The van der Waals surface area contributed by atoms with E-state index < -0.39 is 0 Å². The quantitative estimate of drug-likeness (QED) is 0.901. The molecular formula is C15H19ClN2O3. The summed E-state index contributed by atoms with van der Waals surface area (Å²) >= 11 is 5.91. The second-order valence-electron chi connectivity index (χ2n) is 5.06. The van der Waals surface area contributed by atoms with Crippen molar-refractivity contribution in [1.82, 2.24) is 10.2 Å². The van der Waals surface area contributed by atoms with Gasteiger partial charge in [-0.3, -0.25) is 9.59 Å². The molecule has 5 nitrogen and oxygen atoms in total. The van der Waals surface area contributed by atoms with Crippen LogP contribution >= 0.6 is 11.6 Å². The fourth-order valence-corrected chi connectivity index (χ4v) is 2.28. The molecule has 1 saturated heterocycles. The second-order valence-corrected chi connectivity index (χ2v) is 5.47. The number of likely N-dealkylation sites (tertiary alicyclic amines) is 1. The first kappa shape index (κ1) is 15.6. The predicted octanol–water partition coefficient (Wildman–Crippen LogP) is 1.77. The van der Waals surface area contributed by atoms with E-state index in [1.807, 2.05) is 6.92 Å². The van der Waals surface area contributed by atoms with E-state index in [0.717, 1.165) is 31.5 Å². The van der Waals surface area contributed by atoms with E-state index in [2.05, 4.69) is 5.32 Å². The molecule has 114 valence electrons. The van der Waals surface area contributed by atoms with Crippen LogP contribution in [0.5, 0.6) is 5.75 Å². The van der Waals surface area contributed by atoms with E-state index in [1.54, 1.807) is 23.1 Å². The van der Waals surface area contributed by atoms with E-state index in [4.69, 9.17) is 16.3 Å². The van der Waals surface area contributed by atoms with Crippen LogP contribution in [-0.4, -0.2) is 43.0 Å². The number of carbonyl (C=O) groups is 2. The molecule has 21 heavy (non-hydrogen) atoms. The number of nitrogens with one attached hydrogen (secondary N) is 1. The van der Waals surface area contributed by atoms with Gasteiger partial charge >= 0.3 is 0 Å². The van der Waals surface area contributed by atoms with Gasteiger partial charge < -0.3 is 15.0 Å². The predicted molar refractivity (Wildman–Crippen MR) is 80.5 cm³/mol. The molecule has 1 aliphatic rings. The molecule has 1 N–H and O–H groups in total. The summed E-state index contributed by atoms with van der Waals surface area (Å²) in [4.78, 5) is 25.2. The van der Waals surface area contributed by atoms with Crippen molar-refractivity contribution in [2.75, 3.05) is 26.2 Å². The number of amides is 2. The van der Waals surface area contributed by atoms with E-state index in [1.165, 1.54) is 0 Å². The lowest BCUT2D eigenvalue weighted by atomic mass is 10.2. The van der Waals surface area contributed by atoms with E-state index in [0.29, 0.717) is 10.8 Å². The van der Waals surface area contributed by atoms with Crippen LogP contribution in [0.3, 0.4) is 0 Å². The number of rotatable bonds is 5. The first-order valence-electron chi connectivity index (χ1n) is 6.99. The Balaban J connectivity index is 1.71. The fraction of sp³-hybridized carbons (Fsp3) is 0.467. The molecule has 1 heterocycles. The summed E-state index contributed by atoms with van der Waals surface area (Å²) in [6.45, 7) is 3.35. The Labute approximate surface area is 129 Å². The van der Waals surface area contributed by atoms with Gasteiger partial charge in [-0.15, -0.1) is 0 Å². The van der Waals surface area contributed by atoms with Gasteiger partial charge in [0, 0.05) is 18.1 Å².